The minimum atomic E-state index is 0. The van der Waals surface area contributed by atoms with Gasteiger partial charge < -0.3 is 20.3 Å². The summed E-state index contributed by atoms with van der Waals surface area (Å²) in [7, 11) is 3.49. The summed E-state index contributed by atoms with van der Waals surface area (Å²) in [5, 5.41) is 6.05. The highest BCUT2D eigenvalue weighted by atomic mass is 127. The van der Waals surface area contributed by atoms with Crippen LogP contribution >= 0.6 is 39.9 Å². The van der Waals surface area contributed by atoms with Crippen LogP contribution in [0.25, 0.3) is 0 Å². The summed E-state index contributed by atoms with van der Waals surface area (Å²) in [6.45, 7) is 3.12. The van der Waals surface area contributed by atoms with E-state index in [1.54, 1.807) is 14.1 Å². The normalized spacial score (nSPS) is 15.2. The second-order valence-electron chi connectivity index (χ2n) is 6.08. The van der Waals surface area contributed by atoms with Crippen molar-refractivity contribution in [3.05, 3.63) is 28.7 Å². The zero-order valence-corrected chi connectivity index (χ0v) is 19.2. The van der Waals surface area contributed by atoms with Gasteiger partial charge in [0.1, 0.15) is 12.4 Å². The molecule has 0 spiro atoms. The Labute approximate surface area is 181 Å². The molecule has 0 saturated carbocycles. The monoisotopic (exact) mass is 538 g/mol. The van der Waals surface area contributed by atoms with E-state index >= 15 is 0 Å². The average molecular weight is 539 g/mol. The first-order valence-corrected chi connectivity index (χ1v) is 9.46. The van der Waals surface area contributed by atoms with Crippen LogP contribution in [0.3, 0.4) is 0 Å². The third-order valence-electron chi connectivity index (χ3n) is 4.35. The van der Waals surface area contributed by atoms with Gasteiger partial charge in [0.05, 0.1) is 6.54 Å². The second-order valence-corrected chi connectivity index (χ2v) is 7.00. The highest BCUT2D eigenvalue weighted by molar-refractivity contribution is 14.0. The summed E-state index contributed by atoms with van der Waals surface area (Å²) in [5.74, 6) is 2.36. The average Bonchev–Trinajstić information content (AvgIpc) is 2.64. The number of hydrogen-bond acceptors (Lipinski definition) is 3. The number of halogens is 2. The number of carbonyl (C=O) groups excluding carboxylic acids is 1. The van der Waals surface area contributed by atoms with Crippen molar-refractivity contribution in [3.8, 4) is 5.75 Å². The van der Waals surface area contributed by atoms with Crippen LogP contribution in [-0.2, 0) is 4.79 Å². The molecule has 1 amide bonds. The van der Waals surface area contributed by atoms with E-state index in [4.69, 9.17) is 4.74 Å². The van der Waals surface area contributed by atoms with Crippen molar-refractivity contribution in [1.82, 2.24) is 15.5 Å². The van der Waals surface area contributed by atoms with Gasteiger partial charge in [0.25, 0.3) is 0 Å². The molecule has 1 aliphatic heterocycles. The molecule has 0 atom stereocenters. The van der Waals surface area contributed by atoms with Crippen molar-refractivity contribution in [3.63, 3.8) is 0 Å². The van der Waals surface area contributed by atoms with Crippen molar-refractivity contribution in [2.24, 2.45) is 10.9 Å². The van der Waals surface area contributed by atoms with Crippen LogP contribution in [0, 0.1) is 5.92 Å². The number of nitrogens with one attached hydrogen (secondary N) is 2. The van der Waals surface area contributed by atoms with Gasteiger partial charge in [-0.2, -0.15) is 0 Å². The van der Waals surface area contributed by atoms with Crippen molar-refractivity contribution < 1.29 is 9.53 Å². The Kier molecular flexibility index (Phi) is 11.0. The first kappa shape index (κ1) is 23.0. The predicted octanol–water partition coefficient (Wildman–Crippen LogP) is 2.87. The number of amides is 1. The third-order valence-corrected chi connectivity index (χ3v) is 4.87. The molecule has 2 N–H and O–H groups in total. The van der Waals surface area contributed by atoms with Crippen LogP contribution < -0.4 is 15.4 Å². The minimum absolute atomic E-state index is 0. The fourth-order valence-corrected chi connectivity index (χ4v) is 3.17. The number of hydrogen-bond donors (Lipinski definition) is 2. The lowest BCUT2D eigenvalue weighted by Gasteiger charge is -2.34. The van der Waals surface area contributed by atoms with E-state index in [-0.39, 0.29) is 29.9 Å². The predicted molar refractivity (Wildman–Crippen MR) is 119 cm³/mol. The summed E-state index contributed by atoms with van der Waals surface area (Å²) in [4.78, 5) is 18.1. The highest BCUT2D eigenvalue weighted by Crippen LogP contribution is 2.20. The van der Waals surface area contributed by atoms with Crippen LogP contribution in [0.4, 0.5) is 0 Å². The Morgan fingerprint density at radius 1 is 1.31 bits per heavy atom. The number of rotatable bonds is 6. The zero-order chi connectivity index (χ0) is 18.1. The first-order chi connectivity index (χ1) is 12.1. The van der Waals surface area contributed by atoms with Gasteiger partial charge in [-0.1, -0.05) is 15.9 Å². The molecule has 0 bridgehead atoms. The van der Waals surface area contributed by atoms with E-state index in [0.717, 1.165) is 42.1 Å². The lowest BCUT2D eigenvalue weighted by atomic mass is 9.93. The van der Waals surface area contributed by atoms with E-state index in [1.807, 2.05) is 24.3 Å². The molecular weight excluding hydrogens is 511 g/mol. The topological polar surface area (TPSA) is 66.0 Å². The van der Waals surface area contributed by atoms with Crippen molar-refractivity contribution in [2.45, 2.75) is 19.3 Å². The number of benzene rings is 1. The van der Waals surface area contributed by atoms with Gasteiger partial charge in [-0.15, -0.1) is 24.0 Å². The number of piperidine rings is 1. The number of nitrogens with zero attached hydrogens (tertiary/aromatic N) is 2. The summed E-state index contributed by atoms with van der Waals surface area (Å²) in [6.07, 6.45) is 2.66. The Morgan fingerprint density at radius 3 is 2.54 bits per heavy atom. The van der Waals surface area contributed by atoms with Crippen LogP contribution in [0.1, 0.15) is 19.3 Å². The molecular formula is C18H28BrIN4O2. The standard InChI is InChI=1S/C18H27BrN4O2.HI/c1-20-17(24)13-14-7-10-23(11-8-14)18(21-2)22-9-12-25-16-5-3-15(19)4-6-16;/h3-6,14H,7-13H2,1-2H3,(H,20,24)(H,21,22);1H. The molecule has 1 aliphatic rings. The molecule has 1 aromatic rings. The maximum Gasteiger partial charge on any atom is 0.220 e. The lowest BCUT2D eigenvalue weighted by molar-refractivity contribution is -0.121. The number of guanidine groups is 1. The van der Waals surface area contributed by atoms with Crippen LogP contribution in [0.5, 0.6) is 5.75 Å². The number of likely N-dealkylation sites (tertiary alicyclic amines) is 1. The van der Waals surface area contributed by atoms with Gasteiger partial charge >= 0.3 is 0 Å². The maximum atomic E-state index is 11.5. The molecule has 1 heterocycles. The maximum absolute atomic E-state index is 11.5. The van der Waals surface area contributed by atoms with Crippen molar-refractivity contribution >= 4 is 51.8 Å². The van der Waals surface area contributed by atoms with Gasteiger partial charge in [0, 0.05) is 38.1 Å². The molecule has 0 aliphatic carbocycles. The molecule has 1 saturated heterocycles. The first-order valence-electron chi connectivity index (χ1n) is 8.67. The minimum Gasteiger partial charge on any atom is -0.492 e. The van der Waals surface area contributed by atoms with E-state index in [1.165, 1.54) is 0 Å². The molecule has 2 rings (SSSR count). The number of ether oxygens (including phenoxy) is 1. The Hall–Kier alpha value is -1.03. The Morgan fingerprint density at radius 2 is 1.96 bits per heavy atom. The molecule has 1 aromatic carbocycles. The van der Waals surface area contributed by atoms with Crippen LogP contribution in [0.15, 0.2) is 33.7 Å². The second kappa shape index (κ2) is 12.4. The summed E-state index contributed by atoms with van der Waals surface area (Å²) >= 11 is 3.41. The summed E-state index contributed by atoms with van der Waals surface area (Å²) < 4.78 is 6.76. The molecule has 146 valence electrons. The van der Waals surface area contributed by atoms with Gasteiger partial charge in [0.2, 0.25) is 5.91 Å². The van der Waals surface area contributed by atoms with Gasteiger partial charge in [-0.3, -0.25) is 9.79 Å². The van der Waals surface area contributed by atoms with Crippen LogP contribution in [0.2, 0.25) is 0 Å². The third kappa shape index (κ3) is 7.69. The SMILES string of the molecule is CN=C(NCCOc1ccc(Br)cc1)N1CCC(CC(=O)NC)CC1.I. The van der Waals surface area contributed by atoms with E-state index < -0.39 is 0 Å². The Bertz CT molecular complexity index is 575. The smallest absolute Gasteiger partial charge is 0.220 e. The zero-order valence-electron chi connectivity index (χ0n) is 15.3. The van der Waals surface area contributed by atoms with Crippen molar-refractivity contribution in [1.29, 1.82) is 0 Å². The molecule has 0 unspecified atom stereocenters. The molecule has 0 aromatic heterocycles. The van der Waals surface area contributed by atoms with Crippen LogP contribution in [-0.4, -0.2) is 57.1 Å². The molecule has 0 radical (unpaired) electrons. The lowest BCUT2D eigenvalue weighted by Crippen LogP contribution is -2.46. The highest BCUT2D eigenvalue weighted by Gasteiger charge is 2.22. The van der Waals surface area contributed by atoms with E-state index in [2.05, 4.69) is 36.5 Å². The van der Waals surface area contributed by atoms with Crippen molar-refractivity contribution in [2.75, 3.05) is 40.3 Å². The van der Waals surface area contributed by atoms with E-state index in [0.29, 0.717) is 25.5 Å². The quantitative estimate of drug-likeness (QED) is 0.253. The fraction of sp³-hybridized carbons (Fsp3) is 0.556. The molecule has 6 nitrogen and oxygen atoms in total. The van der Waals surface area contributed by atoms with Gasteiger partial charge in [0.15, 0.2) is 5.96 Å². The summed E-state index contributed by atoms with van der Waals surface area (Å²) in [5.41, 5.74) is 0. The Balaban J connectivity index is 0.00000338. The molecule has 8 heteroatoms. The number of aliphatic imine (C=N–C) groups is 1. The summed E-state index contributed by atoms with van der Waals surface area (Å²) in [6, 6.07) is 7.81. The molecule has 1 fully saturated rings. The number of carbonyl (C=O) groups is 1. The van der Waals surface area contributed by atoms with Gasteiger partial charge in [-0.25, -0.2) is 0 Å². The fourth-order valence-electron chi connectivity index (χ4n) is 2.91. The largest absolute Gasteiger partial charge is 0.492 e. The van der Waals surface area contributed by atoms with E-state index in [9.17, 15) is 4.79 Å². The molecule has 26 heavy (non-hydrogen) atoms. The van der Waals surface area contributed by atoms with Gasteiger partial charge in [-0.05, 0) is 43.0 Å².